The Morgan fingerprint density at radius 2 is 1.83 bits per heavy atom. The third-order valence-corrected chi connectivity index (χ3v) is 5.34. The van der Waals surface area contributed by atoms with Crippen molar-refractivity contribution >= 4 is 27.5 Å². The highest BCUT2D eigenvalue weighted by Crippen LogP contribution is 2.35. The van der Waals surface area contributed by atoms with Crippen LogP contribution in [-0.4, -0.2) is 31.3 Å². The second kappa shape index (κ2) is 9.30. The molecule has 29 heavy (non-hydrogen) atoms. The quantitative estimate of drug-likeness (QED) is 0.560. The van der Waals surface area contributed by atoms with E-state index < -0.39 is 0 Å². The van der Waals surface area contributed by atoms with Crippen molar-refractivity contribution in [1.29, 1.82) is 0 Å². The molecule has 0 bridgehead atoms. The molecule has 3 aromatic rings. The lowest BCUT2D eigenvalue weighted by molar-refractivity contribution is -0.117. The number of thiazole rings is 1. The third-order valence-electron chi connectivity index (χ3n) is 4.25. The molecule has 0 aliphatic carbocycles. The lowest BCUT2D eigenvalue weighted by Gasteiger charge is -2.08. The molecule has 0 saturated carbocycles. The van der Waals surface area contributed by atoms with Gasteiger partial charge in [-0.15, -0.1) is 6.42 Å². The molecule has 0 spiro atoms. The zero-order valence-electron chi connectivity index (χ0n) is 16.6. The topological polar surface area (TPSA) is 62.1 Å². The summed E-state index contributed by atoms with van der Waals surface area (Å²) >= 11 is 1.35. The molecule has 0 N–H and O–H groups in total. The Bertz CT molecular complexity index is 1120. The number of methoxy groups -OCH3 is 2. The predicted molar refractivity (Wildman–Crippen MR) is 114 cm³/mol. The van der Waals surface area contributed by atoms with Gasteiger partial charge in [0.15, 0.2) is 4.80 Å². The van der Waals surface area contributed by atoms with E-state index in [1.54, 1.807) is 18.8 Å². The molecule has 150 valence electrons. The van der Waals surface area contributed by atoms with Crippen LogP contribution in [0.1, 0.15) is 12.5 Å². The molecular weight excluding hydrogens is 388 g/mol. The van der Waals surface area contributed by atoms with E-state index in [1.807, 2.05) is 43.3 Å². The van der Waals surface area contributed by atoms with Gasteiger partial charge in [0.1, 0.15) is 27.5 Å². The van der Waals surface area contributed by atoms with Crippen molar-refractivity contribution in [3.63, 3.8) is 0 Å². The first kappa shape index (κ1) is 20.5. The minimum Gasteiger partial charge on any atom is -0.495 e. The number of carbonyl (C=O) groups is 1. The van der Waals surface area contributed by atoms with Gasteiger partial charge in [-0.2, -0.15) is 4.99 Å². The second-order valence-corrected chi connectivity index (χ2v) is 7.06. The van der Waals surface area contributed by atoms with Gasteiger partial charge in [-0.3, -0.25) is 4.79 Å². The Morgan fingerprint density at radius 3 is 2.45 bits per heavy atom. The average Bonchev–Trinajstić information content (AvgIpc) is 3.07. The van der Waals surface area contributed by atoms with Gasteiger partial charge in [-0.25, -0.2) is 0 Å². The van der Waals surface area contributed by atoms with E-state index in [9.17, 15) is 4.79 Å². The number of hydrogen-bond acceptors (Lipinski definition) is 5. The van der Waals surface area contributed by atoms with Gasteiger partial charge in [0.2, 0.25) is 0 Å². The van der Waals surface area contributed by atoms with Crippen LogP contribution in [0.15, 0.2) is 41.4 Å². The molecule has 3 rings (SSSR count). The van der Waals surface area contributed by atoms with Crippen LogP contribution in [0.5, 0.6) is 17.2 Å². The van der Waals surface area contributed by atoms with Crippen LogP contribution >= 0.6 is 11.3 Å². The maximum atomic E-state index is 12.6. The van der Waals surface area contributed by atoms with Crippen LogP contribution in [0.3, 0.4) is 0 Å². The Kier molecular flexibility index (Phi) is 6.57. The Balaban J connectivity index is 2.01. The fourth-order valence-corrected chi connectivity index (χ4v) is 4.12. The molecule has 0 aliphatic heterocycles. The van der Waals surface area contributed by atoms with Crippen LogP contribution in [0.2, 0.25) is 0 Å². The minimum atomic E-state index is -0.260. The van der Waals surface area contributed by atoms with Crippen molar-refractivity contribution in [3.8, 4) is 29.6 Å². The fraction of sp³-hybridized carbons (Fsp3) is 0.273. The third kappa shape index (κ3) is 4.44. The van der Waals surface area contributed by atoms with E-state index >= 15 is 0 Å². The number of aromatic nitrogens is 1. The van der Waals surface area contributed by atoms with Crippen LogP contribution in [0.4, 0.5) is 0 Å². The summed E-state index contributed by atoms with van der Waals surface area (Å²) in [5.41, 5.74) is 1.63. The van der Waals surface area contributed by atoms with Crippen LogP contribution in [0, 0.1) is 12.3 Å². The van der Waals surface area contributed by atoms with E-state index in [-0.39, 0.29) is 18.9 Å². The van der Waals surface area contributed by atoms with E-state index in [2.05, 4.69) is 10.9 Å². The molecule has 1 amide bonds. The molecule has 0 atom stereocenters. The molecule has 0 radical (unpaired) electrons. The Hall–Kier alpha value is -3.24. The highest BCUT2D eigenvalue weighted by Gasteiger charge is 2.16. The van der Waals surface area contributed by atoms with Crippen molar-refractivity contribution in [3.05, 3.63) is 46.8 Å². The standard InChI is InChI=1S/C22H22N2O4S/c1-5-13-24-20-17(26-3)11-12-18(27-4)21(20)29-22(24)23-19(25)14-15-7-9-16(10-8-15)28-6-2/h1,7-12H,6,13-14H2,2-4H3. The van der Waals surface area contributed by atoms with Crippen molar-refractivity contribution in [2.24, 2.45) is 4.99 Å². The highest BCUT2D eigenvalue weighted by atomic mass is 32.1. The second-order valence-electron chi connectivity index (χ2n) is 6.08. The summed E-state index contributed by atoms with van der Waals surface area (Å²) in [6.07, 6.45) is 5.74. The number of carbonyl (C=O) groups excluding carboxylic acids is 1. The number of hydrogen-bond donors (Lipinski definition) is 0. The highest BCUT2D eigenvalue weighted by molar-refractivity contribution is 7.16. The SMILES string of the molecule is C#CCn1c(=NC(=O)Cc2ccc(OCC)cc2)sc2c(OC)ccc(OC)c21. The van der Waals surface area contributed by atoms with Crippen LogP contribution in [-0.2, 0) is 17.8 Å². The molecule has 2 aromatic carbocycles. The van der Waals surface area contributed by atoms with E-state index in [0.717, 1.165) is 21.5 Å². The zero-order chi connectivity index (χ0) is 20.8. The summed E-state index contributed by atoms with van der Waals surface area (Å²) in [5, 5.41) is 0. The van der Waals surface area contributed by atoms with E-state index in [4.69, 9.17) is 20.6 Å². The van der Waals surface area contributed by atoms with Crippen molar-refractivity contribution in [2.45, 2.75) is 19.9 Å². The lowest BCUT2D eigenvalue weighted by atomic mass is 10.1. The summed E-state index contributed by atoms with van der Waals surface area (Å²) in [5.74, 6) is 4.46. The Morgan fingerprint density at radius 1 is 1.14 bits per heavy atom. The first-order valence-corrected chi connectivity index (χ1v) is 9.90. The summed E-state index contributed by atoms with van der Waals surface area (Å²) < 4.78 is 19.0. The van der Waals surface area contributed by atoms with Crippen molar-refractivity contribution in [1.82, 2.24) is 4.57 Å². The van der Waals surface area contributed by atoms with Crippen LogP contribution < -0.4 is 19.0 Å². The molecule has 1 aromatic heterocycles. The number of terminal acetylenes is 1. The van der Waals surface area contributed by atoms with Crippen molar-refractivity contribution < 1.29 is 19.0 Å². The normalized spacial score (nSPS) is 11.3. The molecule has 1 heterocycles. The summed E-state index contributed by atoms with van der Waals surface area (Å²) in [6.45, 7) is 2.79. The monoisotopic (exact) mass is 410 g/mol. The molecule has 6 nitrogen and oxygen atoms in total. The van der Waals surface area contributed by atoms with Crippen molar-refractivity contribution in [2.75, 3.05) is 20.8 Å². The lowest BCUT2D eigenvalue weighted by Crippen LogP contribution is -2.17. The number of rotatable bonds is 7. The van der Waals surface area contributed by atoms with Crippen LogP contribution in [0.25, 0.3) is 10.2 Å². The smallest absolute Gasteiger partial charge is 0.252 e. The molecule has 0 fully saturated rings. The number of ether oxygens (including phenoxy) is 3. The molecule has 0 saturated heterocycles. The summed E-state index contributed by atoms with van der Waals surface area (Å²) in [4.78, 5) is 17.5. The maximum absolute atomic E-state index is 12.6. The molecule has 0 unspecified atom stereocenters. The first-order valence-electron chi connectivity index (χ1n) is 9.08. The predicted octanol–water partition coefficient (Wildman–Crippen LogP) is 3.42. The van der Waals surface area contributed by atoms with Gasteiger partial charge < -0.3 is 18.8 Å². The zero-order valence-corrected chi connectivity index (χ0v) is 17.4. The first-order chi connectivity index (χ1) is 14.1. The van der Waals surface area contributed by atoms with Gasteiger partial charge in [-0.1, -0.05) is 29.4 Å². The van der Waals surface area contributed by atoms with Gasteiger partial charge >= 0.3 is 0 Å². The minimum absolute atomic E-state index is 0.185. The molecule has 7 heteroatoms. The molecule has 0 aliphatic rings. The average molecular weight is 410 g/mol. The van der Waals surface area contributed by atoms with Gasteiger partial charge in [-0.05, 0) is 36.8 Å². The Labute approximate surface area is 173 Å². The number of fused-ring (bicyclic) bond motifs is 1. The summed E-state index contributed by atoms with van der Waals surface area (Å²) in [7, 11) is 3.19. The van der Waals surface area contributed by atoms with Gasteiger partial charge in [0.05, 0.1) is 33.8 Å². The maximum Gasteiger partial charge on any atom is 0.252 e. The van der Waals surface area contributed by atoms with E-state index in [0.29, 0.717) is 22.9 Å². The molecular formula is C22H22N2O4S. The number of amides is 1. The van der Waals surface area contributed by atoms with Gasteiger partial charge in [0, 0.05) is 0 Å². The number of benzene rings is 2. The number of nitrogens with zero attached hydrogens (tertiary/aromatic N) is 2. The summed E-state index contributed by atoms with van der Waals surface area (Å²) in [6, 6.07) is 11.1. The fourth-order valence-electron chi connectivity index (χ4n) is 2.97. The van der Waals surface area contributed by atoms with Gasteiger partial charge in [0.25, 0.3) is 5.91 Å². The largest absolute Gasteiger partial charge is 0.495 e. The van der Waals surface area contributed by atoms with E-state index in [1.165, 1.54) is 11.3 Å².